The molecular formula is C15H31N. The van der Waals surface area contributed by atoms with Crippen LogP contribution in [0.2, 0.25) is 0 Å². The molecule has 2 atom stereocenters. The fraction of sp³-hybridized carbons (Fsp3) is 1.00. The minimum atomic E-state index is 0.586. The van der Waals surface area contributed by atoms with Crippen molar-refractivity contribution in [2.75, 3.05) is 6.54 Å². The lowest BCUT2D eigenvalue weighted by Gasteiger charge is -2.21. The Morgan fingerprint density at radius 2 is 2.06 bits per heavy atom. The lowest BCUT2D eigenvalue weighted by molar-refractivity contribution is 0.347. The lowest BCUT2D eigenvalue weighted by atomic mass is 9.91. The molecule has 1 aliphatic rings. The molecule has 0 aromatic heterocycles. The quantitative estimate of drug-likeness (QED) is 0.678. The zero-order valence-corrected chi connectivity index (χ0v) is 11.8. The smallest absolute Gasteiger partial charge is 0.00724 e. The summed E-state index contributed by atoms with van der Waals surface area (Å²) in [5, 5.41) is 3.80. The third-order valence-electron chi connectivity index (χ3n) is 4.21. The molecule has 16 heavy (non-hydrogen) atoms. The van der Waals surface area contributed by atoms with Gasteiger partial charge in [-0.2, -0.15) is 0 Å². The van der Waals surface area contributed by atoms with Gasteiger partial charge in [0.05, 0.1) is 0 Å². The highest BCUT2D eigenvalue weighted by atomic mass is 14.9. The van der Waals surface area contributed by atoms with Crippen LogP contribution in [0.4, 0.5) is 0 Å². The number of unbranched alkanes of at least 4 members (excludes halogenated alkanes) is 1. The lowest BCUT2D eigenvalue weighted by Crippen LogP contribution is -2.32. The fourth-order valence-electron chi connectivity index (χ4n) is 2.89. The van der Waals surface area contributed by atoms with E-state index in [2.05, 4.69) is 33.0 Å². The first-order valence-electron chi connectivity index (χ1n) is 7.30. The largest absolute Gasteiger partial charge is 0.314 e. The van der Waals surface area contributed by atoms with Crippen LogP contribution < -0.4 is 5.32 Å². The third kappa shape index (κ3) is 4.86. The van der Waals surface area contributed by atoms with Gasteiger partial charge in [0.25, 0.3) is 0 Å². The molecule has 1 fully saturated rings. The van der Waals surface area contributed by atoms with Gasteiger partial charge in [-0.3, -0.25) is 0 Å². The molecule has 1 nitrogen and oxygen atoms in total. The van der Waals surface area contributed by atoms with Crippen molar-refractivity contribution in [1.82, 2.24) is 5.32 Å². The molecule has 1 heteroatoms. The summed E-state index contributed by atoms with van der Waals surface area (Å²) in [6, 6.07) is 0.797. The van der Waals surface area contributed by atoms with Crippen LogP contribution in [0.3, 0.4) is 0 Å². The van der Waals surface area contributed by atoms with Gasteiger partial charge in [-0.05, 0) is 43.6 Å². The minimum absolute atomic E-state index is 0.586. The van der Waals surface area contributed by atoms with Crippen LogP contribution in [-0.4, -0.2) is 12.6 Å². The van der Waals surface area contributed by atoms with E-state index in [1.165, 1.54) is 51.5 Å². The average molecular weight is 225 g/mol. The van der Waals surface area contributed by atoms with E-state index < -0.39 is 0 Å². The summed E-state index contributed by atoms with van der Waals surface area (Å²) in [6.45, 7) is 10.7. The number of rotatable bonds is 7. The Kier molecular flexibility index (Phi) is 5.82. The minimum Gasteiger partial charge on any atom is -0.314 e. The molecule has 0 spiro atoms. The molecule has 96 valence electrons. The van der Waals surface area contributed by atoms with Crippen LogP contribution in [0.1, 0.15) is 72.6 Å². The fourth-order valence-corrected chi connectivity index (χ4v) is 2.89. The van der Waals surface area contributed by atoms with Crippen molar-refractivity contribution in [3.63, 3.8) is 0 Å². The topological polar surface area (TPSA) is 12.0 Å². The molecule has 0 aliphatic heterocycles. The molecule has 0 heterocycles. The van der Waals surface area contributed by atoms with Crippen LogP contribution in [0.15, 0.2) is 0 Å². The predicted molar refractivity (Wildman–Crippen MR) is 72.7 cm³/mol. The van der Waals surface area contributed by atoms with Crippen molar-refractivity contribution in [1.29, 1.82) is 0 Å². The Bertz CT molecular complexity index is 186. The molecule has 0 aromatic carbocycles. The highest BCUT2D eigenvalue weighted by Gasteiger charge is 2.30. The van der Waals surface area contributed by atoms with E-state index in [-0.39, 0.29) is 0 Å². The Balaban J connectivity index is 2.17. The Hall–Kier alpha value is -0.0400. The van der Waals surface area contributed by atoms with E-state index in [0.29, 0.717) is 5.41 Å². The molecule has 0 amide bonds. The van der Waals surface area contributed by atoms with Crippen LogP contribution >= 0.6 is 0 Å². The van der Waals surface area contributed by atoms with E-state index in [1.54, 1.807) is 0 Å². The second kappa shape index (κ2) is 6.64. The van der Waals surface area contributed by atoms with E-state index in [9.17, 15) is 0 Å². The van der Waals surface area contributed by atoms with E-state index in [0.717, 1.165) is 12.0 Å². The normalized spacial score (nSPS) is 25.9. The van der Waals surface area contributed by atoms with Crippen molar-refractivity contribution >= 4 is 0 Å². The van der Waals surface area contributed by atoms with Crippen LogP contribution in [0.5, 0.6) is 0 Å². The first-order chi connectivity index (χ1) is 7.57. The Labute approximate surface area is 102 Å². The van der Waals surface area contributed by atoms with Gasteiger partial charge < -0.3 is 5.32 Å². The molecule has 1 saturated carbocycles. The van der Waals surface area contributed by atoms with Gasteiger partial charge in [0.1, 0.15) is 0 Å². The first kappa shape index (κ1) is 14.0. The maximum absolute atomic E-state index is 3.80. The number of nitrogens with one attached hydrogen (secondary N) is 1. The summed E-state index contributed by atoms with van der Waals surface area (Å²) in [6.07, 6.45) is 9.65. The summed E-state index contributed by atoms with van der Waals surface area (Å²) < 4.78 is 0. The number of hydrogen-bond acceptors (Lipinski definition) is 1. The predicted octanol–water partition coefficient (Wildman–Crippen LogP) is 4.37. The maximum atomic E-state index is 3.80. The molecule has 0 radical (unpaired) electrons. The molecule has 0 saturated heterocycles. The summed E-state index contributed by atoms with van der Waals surface area (Å²) in [4.78, 5) is 0. The SMILES string of the molecule is CCCCC(CC)CNC1CCC(C)(C)C1. The van der Waals surface area contributed by atoms with Gasteiger partial charge in [-0.25, -0.2) is 0 Å². The second-order valence-corrected chi connectivity index (χ2v) is 6.43. The van der Waals surface area contributed by atoms with Gasteiger partial charge >= 0.3 is 0 Å². The van der Waals surface area contributed by atoms with Crippen molar-refractivity contribution < 1.29 is 0 Å². The molecule has 1 rings (SSSR count). The van der Waals surface area contributed by atoms with Crippen LogP contribution in [0, 0.1) is 11.3 Å². The summed E-state index contributed by atoms with van der Waals surface area (Å²) in [7, 11) is 0. The van der Waals surface area contributed by atoms with Gasteiger partial charge in [0.15, 0.2) is 0 Å². The Morgan fingerprint density at radius 1 is 1.31 bits per heavy atom. The van der Waals surface area contributed by atoms with Crippen molar-refractivity contribution in [3.8, 4) is 0 Å². The molecule has 0 bridgehead atoms. The van der Waals surface area contributed by atoms with Gasteiger partial charge in [-0.15, -0.1) is 0 Å². The van der Waals surface area contributed by atoms with Gasteiger partial charge in [0, 0.05) is 6.04 Å². The van der Waals surface area contributed by atoms with Crippen LogP contribution in [0.25, 0.3) is 0 Å². The molecule has 2 unspecified atom stereocenters. The van der Waals surface area contributed by atoms with E-state index in [1.807, 2.05) is 0 Å². The highest BCUT2D eigenvalue weighted by Crippen LogP contribution is 2.36. The summed E-state index contributed by atoms with van der Waals surface area (Å²) in [5.74, 6) is 0.906. The zero-order chi connectivity index (χ0) is 12.0. The highest BCUT2D eigenvalue weighted by molar-refractivity contribution is 4.86. The molecular weight excluding hydrogens is 194 g/mol. The maximum Gasteiger partial charge on any atom is 0.00724 e. The molecule has 1 aliphatic carbocycles. The summed E-state index contributed by atoms with van der Waals surface area (Å²) >= 11 is 0. The Morgan fingerprint density at radius 3 is 2.56 bits per heavy atom. The second-order valence-electron chi connectivity index (χ2n) is 6.43. The monoisotopic (exact) mass is 225 g/mol. The standard InChI is InChI=1S/C15H31N/c1-5-7-8-13(6-2)12-16-14-9-10-15(3,4)11-14/h13-14,16H,5-12H2,1-4H3. The average Bonchev–Trinajstić information content (AvgIpc) is 2.59. The van der Waals surface area contributed by atoms with Crippen molar-refractivity contribution in [2.24, 2.45) is 11.3 Å². The van der Waals surface area contributed by atoms with Crippen molar-refractivity contribution in [2.45, 2.75) is 78.7 Å². The van der Waals surface area contributed by atoms with Crippen molar-refractivity contribution in [3.05, 3.63) is 0 Å². The molecule has 0 aromatic rings. The zero-order valence-electron chi connectivity index (χ0n) is 11.8. The van der Waals surface area contributed by atoms with E-state index in [4.69, 9.17) is 0 Å². The van der Waals surface area contributed by atoms with Gasteiger partial charge in [0.2, 0.25) is 0 Å². The third-order valence-corrected chi connectivity index (χ3v) is 4.21. The molecule has 1 N–H and O–H groups in total. The number of hydrogen-bond donors (Lipinski definition) is 1. The van der Waals surface area contributed by atoms with Crippen LogP contribution in [-0.2, 0) is 0 Å². The first-order valence-corrected chi connectivity index (χ1v) is 7.30. The van der Waals surface area contributed by atoms with Gasteiger partial charge in [-0.1, -0.05) is 47.0 Å². The summed E-state index contributed by atoms with van der Waals surface area (Å²) in [5.41, 5.74) is 0.586. The van der Waals surface area contributed by atoms with E-state index >= 15 is 0 Å².